The molecule has 1 aliphatic heterocycles. The van der Waals surface area contributed by atoms with Crippen LogP contribution in [0.2, 0.25) is 5.02 Å². The van der Waals surface area contributed by atoms with Crippen LogP contribution in [-0.2, 0) is 4.74 Å². The molecule has 94 valence electrons. The Labute approximate surface area is 115 Å². The fourth-order valence-corrected chi connectivity index (χ4v) is 3.34. The van der Waals surface area contributed by atoms with Crippen molar-refractivity contribution in [2.75, 3.05) is 20.3 Å². The van der Waals surface area contributed by atoms with Gasteiger partial charge in [0.15, 0.2) is 0 Å². The van der Waals surface area contributed by atoms with Crippen LogP contribution in [0.1, 0.15) is 23.2 Å². The minimum Gasteiger partial charge on any atom is -0.497 e. The Morgan fingerprint density at radius 1 is 1.53 bits per heavy atom. The molecule has 0 spiro atoms. The molecule has 0 aromatic heterocycles. The molecule has 1 aromatic carbocycles. The van der Waals surface area contributed by atoms with E-state index in [9.17, 15) is 0 Å². The Bertz CT molecular complexity index is 378. The van der Waals surface area contributed by atoms with Gasteiger partial charge in [0.25, 0.3) is 0 Å². The highest BCUT2D eigenvalue weighted by molar-refractivity contribution is 9.09. The molecule has 0 aliphatic carbocycles. The van der Waals surface area contributed by atoms with Gasteiger partial charge in [-0.1, -0.05) is 33.6 Å². The minimum atomic E-state index is 0.251. The van der Waals surface area contributed by atoms with E-state index in [1.54, 1.807) is 7.11 Å². The van der Waals surface area contributed by atoms with Gasteiger partial charge in [-0.05, 0) is 36.5 Å². The summed E-state index contributed by atoms with van der Waals surface area (Å²) in [6, 6.07) is 5.82. The Hall–Kier alpha value is -0.250. The number of alkyl halides is 1. The molecule has 2 rings (SSSR count). The van der Waals surface area contributed by atoms with E-state index in [2.05, 4.69) is 15.9 Å². The lowest BCUT2D eigenvalue weighted by molar-refractivity contribution is 0.0546. The summed E-state index contributed by atoms with van der Waals surface area (Å²) in [5.74, 6) is 1.29. The number of rotatable bonds is 3. The third-order valence-electron chi connectivity index (χ3n) is 3.11. The van der Waals surface area contributed by atoms with Crippen molar-refractivity contribution in [3.05, 3.63) is 28.8 Å². The first kappa shape index (κ1) is 13.2. The molecule has 0 saturated carbocycles. The normalized spacial score (nSPS) is 22.2. The van der Waals surface area contributed by atoms with Crippen LogP contribution >= 0.6 is 27.5 Å². The average molecular weight is 320 g/mol. The van der Waals surface area contributed by atoms with Gasteiger partial charge in [0.1, 0.15) is 5.75 Å². The Kier molecular flexibility index (Phi) is 4.71. The zero-order valence-corrected chi connectivity index (χ0v) is 12.1. The molecule has 1 aromatic rings. The highest BCUT2D eigenvalue weighted by Gasteiger charge is 2.25. The van der Waals surface area contributed by atoms with Gasteiger partial charge in [-0.15, -0.1) is 0 Å². The van der Waals surface area contributed by atoms with Crippen LogP contribution in [0, 0.1) is 5.92 Å². The maximum absolute atomic E-state index is 6.27. The van der Waals surface area contributed by atoms with Gasteiger partial charge < -0.3 is 9.47 Å². The number of hydrogen-bond acceptors (Lipinski definition) is 2. The average Bonchev–Trinajstić information content (AvgIpc) is 2.39. The van der Waals surface area contributed by atoms with Gasteiger partial charge in [0, 0.05) is 16.5 Å². The van der Waals surface area contributed by atoms with E-state index in [-0.39, 0.29) is 4.83 Å². The third-order valence-corrected chi connectivity index (χ3v) is 4.68. The minimum absolute atomic E-state index is 0.251. The summed E-state index contributed by atoms with van der Waals surface area (Å²) in [6.45, 7) is 1.69. The summed E-state index contributed by atoms with van der Waals surface area (Å²) in [5.41, 5.74) is 1.11. The molecule has 1 saturated heterocycles. The maximum atomic E-state index is 6.27. The van der Waals surface area contributed by atoms with E-state index in [1.165, 1.54) is 6.42 Å². The Morgan fingerprint density at radius 2 is 2.35 bits per heavy atom. The van der Waals surface area contributed by atoms with Crippen LogP contribution in [0.3, 0.4) is 0 Å². The van der Waals surface area contributed by atoms with E-state index in [0.29, 0.717) is 5.92 Å². The van der Waals surface area contributed by atoms with Gasteiger partial charge in [0.05, 0.1) is 13.7 Å². The van der Waals surface area contributed by atoms with E-state index in [0.717, 1.165) is 36.0 Å². The van der Waals surface area contributed by atoms with Crippen molar-refractivity contribution in [2.24, 2.45) is 5.92 Å². The van der Waals surface area contributed by atoms with Crippen molar-refractivity contribution in [1.29, 1.82) is 0 Å². The monoisotopic (exact) mass is 318 g/mol. The second-order valence-electron chi connectivity index (χ2n) is 4.27. The highest BCUT2D eigenvalue weighted by Crippen LogP contribution is 2.40. The summed E-state index contributed by atoms with van der Waals surface area (Å²) in [7, 11) is 1.64. The quantitative estimate of drug-likeness (QED) is 0.777. The van der Waals surface area contributed by atoms with E-state index in [1.807, 2.05) is 18.2 Å². The van der Waals surface area contributed by atoms with E-state index < -0.39 is 0 Å². The molecule has 2 unspecified atom stereocenters. The molecule has 4 heteroatoms. The standard InChI is InChI=1S/C13H16BrClO2/c1-16-10-4-5-11(12(15)7-10)13(14)9-3-2-6-17-8-9/h4-5,7,9,13H,2-3,6,8H2,1H3. The summed E-state index contributed by atoms with van der Waals surface area (Å²) < 4.78 is 10.7. The summed E-state index contributed by atoms with van der Waals surface area (Å²) >= 11 is 10.0. The Morgan fingerprint density at radius 3 is 2.94 bits per heavy atom. The predicted octanol–water partition coefficient (Wildman–Crippen LogP) is 4.21. The van der Waals surface area contributed by atoms with Crippen LogP contribution in [0.25, 0.3) is 0 Å². The highest BCUT2D eigenvalue weighted by atomic mass is 79.9. The first-order chi connectivity index (χ1) is 8.22. The van der Waals surface area contributed by atoms with Crippen LogP contribution in [-0.4, -0.2) is 20.3 Å². The fraction of sp³-hybridized carbons (Fsp3) is 0.538. The topological polar surface area (TPSA) is 18.5 Å². The summed E-state index contributed by atoms with van der Waals surface area (Å²) in [4.78, 5) is 0.251. The zero-order chi connectivity index (χ0) is 12.3. The van der Waals surface area contributed by atoms with Crippen molar-refractivity contribution >= 4 is 27.5 Å². The number of methoxy groups -OCH3 is 1. The molecular weight excluding hydrogens is 303 g/mol. The number of benzene rings is 1. The van der Waals surface area contributed by atoms with Gasteiger partial charge >= 0.3 is 0 Å². The first-order valence-electron chi connectivity index (χ1n) is 5.77. The Balaban J connectivity index is 2.15. The lowest BCUT2D eigenvalue weighted by atomic mass is 9.94. The molecule has 2 nitrogen and oxygen atoms in total. The molecule has 0 radical (unpaired) electrons. The second kappa shape index (κ2) is 6.07. The third kappa shape index (κ3) is 3.15. The van der Waals surface area contributed by atoms with E-state index in [4.69, 9.17) is 21.1 Å². The molecular formula is C13H16BrClO2. The predicted molar refractivity (Wildman–Crippen MR) is 73.2 cm³/mol. The molecule has 17 heavy (non-hydrogen) atoms. The molecule has 0 N–H and O–H groups in total. The smallest absolute Gasteiger partial charge is 0.120 e. The van der Waals surface area contributed by atoms with E-state index >= 15 is 0 Å². The number of halogens is 2. The number of hydrogen-bond donors (Lipinski definition) is 0. The zero-order valence-electron chi connectivity index (χ0n) is 9.79. The second-order valence-corrected chi connectivity index (χ2v) is 5.66. The lowest BCUT2D eigenvalue weighted by Gasteiger charge is -2.27. The molecule has 1 fully saturated rings. The first-order valence-corrected chi connectivity index (χ1v) is 7.07. The van der Waals surface area contributed by atoms with Crippen molar-refractivity contribution in [1.82, 2.24) is 0 Å². The van der Waals surface area contributed by atoms with Crippen LogP contribution < -0.4 is 4.74 Å². The SMILES string of the molecule is COc1ccc(C(Br)C2CCCOC2)c(Cl)c1. The van der Waals surface area contributed by atoms with Crippen molar-refractivity contribution in [3.8, 4) is 5.75 Å². The van der Waals surface area contributed by atoms with Gasteiger partial charge in [-0.2, -0.15) is 0 Å². The lowest BCUT2D eigenvalue weighted by Crippen LogP contribution is -2.21. The van der Waals surface area contributed by atoms with Crippen molar-refractivity contribution in [3.63, 3.8) is 0 Å². The van der Waals surface area contributed by atoms with Crippen molar-refractivity contribution < 1.29 is 9.47 Å². The fourth-order valence-electron chi connectivity index (χ4n) is 2.11. The van der Waals surface area contributed by atoms with Crippen molar-refractivity contribution in [2.45, 2.75) is 17.7 Å². The van der Waals surface area contributed by atoms with Gasteiger partial charge in [-0.25, -0.2) is 0 Å². The molecule has 1 heterocycles. The van der Waals surface area contributed by atoms with Gasteiger partial charge in [-0.3, -0.25) is 0 Å². The molecule has 0 amide bonds. The molecule has 0 bridgehead atoms. The molecule has 2 atom stereocenters. The maximum Gasteiger partial charge on any atom is 0.120 e. The van der Waals surface area contributed by atoms with Gasteiger partial charge in [0.2, 0.25) is 0 Å². The van der Waals surface area contributed by atoms with Crippen LogP contribution in [0.5, 0.6) is 5.75 Å². The largest absolute Gasteiger partial charge is 0.497 e. The summed E-state index contributed by atoms with van der Waals surface area (Å²) in [5, 5.41) is 0.747. The van der Waals surface area contributed by atoms with Crippen LogP contribution in [0.15, 0.2) is 18.2 Å². The molecule has 1 aliphatic rings. The van der Waals surface area contributed by atoms with Crippen LogP contribution in [0.4, 0.5) is 0 Å². The number of ether oxygens (including phenoxy) is 2. The summed E-state index contributed by atoms with van der Waals surface area (Å²) in [6.07, 6.45) is 2.30.